The number of benzene rings is 2. The molecule has 2 heteroatoms. The number of carbonyl (C=O) groups is 1. The summed E-state index contributed by atoms with van der Waals surface area (Å²) in [4.78, 5) is 12.4. The minimum Gasteiger partial charge on any atom is -0.483 e. The van der Waals surface area contributed by atoms with Crippen molar-refractivity contribution in [1.29, 1.82) is 0 Å². The summed E-state index contributed by atoms with van der Waals surface area (Å²) < 4.78 is 5.79. The van der Waals surface area contributed by atoms with E-state index in [2.05, 4.69) is 6.92 Å². The number of aryl methyl sites for hydroxylation is 4. The SMILES string of the molecule is Cc1ccc(OC(C)C(=O)c2ccc(C)c(C)c2)cc1C. The number of Topliss-reactive ketones (excluding diaryl/α,β-unsaturated/α-hetero) is 1. The van der Waals surface area contributed by atoms with Gasteiger partial charge in [-0.2, -0.15) is 0 Å². The van der Waals surface area contributed by atoms with Crippen molar-refractivity contribution in [1.82, 2.24) is 0 Å². The highest BCUT2D eigenvalue weighted by Crippen LogP contribution is 2.19. The largest absolute Gasteiger partial charge is 0.483 e. The number of hydrogen-bond acceptors (Lipinski definition) is 2. The molecule has 0 saturated carbocycles. The Morgan fingerprint density at radius 3 is 2.00 bits per heavy atom. The molecule has 2 aromatic rings. The summed E-state index contributed by atoms with van der Waals surface area (Å²) in [5.41, 5.74) is 5.40. The van der Waals surface area contributed by atoms with E-state index in [1.165, 1.54) is 16.7 Å². The van der Waals surface area contributed by atoms with E-state index < -0.39 is 6.10 Å². The average Bonchev–Trinajstić information content (AvgIpc) is 2.45. The standard InChI is InChI=1S/C19H22O2/c1-12-6-8-17(10-14(12)3)19(20)16(5)21-18-9-7-13(2)15(4)11-18/h6-11,16H,1-5H3. The molecule has 2 rings (SSSR count). The number of rotatable bonds is 4. The second-order valence-electron chi connectivity index (χ2n) is 5.67. The van der Waals surface area contributed by atoms with Crippen molar-refractivity contribution in [2.75, 3.05) is 0 Å². The lowest BCUT2D eigenvalue weighted by atomic mass is 10.0. The van der Waals surface area contributed by atoms with Gasteiger partial charge in [0.2, 0.25) is 5.78 Å². The number of ether oxygens (including phenoxy) is 1. The summed E-state index contributed by atoms with van der Waals surface area (Å²) in [7, 11) is 0. The van der Waals surface area contributed by atoms with Crippen LogP contribution in [0.25, 0.3) is 0 Å². The summed E-state index contributed by atoms with van der Waals surface area (Å²) in [6, 6.07) is 11.7. The Bertz CT molecular complexity index is 671. The van der Waals surface area contributed by atoms with Crippen molar-refractivity contribution in [2.45, 2.75) is 40.7 Å². The van der Waals surface area contributed by atoms with Crippen LogP contribution in [0.2, 0.25) is 0 Å². The molecule has 21 heavy (non-hydrogen) atoms. The van der Waals surface area contributed by atoms with Gasteiger partial charge < -0.3 is 4.74 Å². The molecule has 2 nitrogen and oxygen atoms in total. The second kappa shape index (κ2) is 6.13. The van der Waals surface area contributed by atoms with Crippen LogP contribution in [0.5, 0.6) is 5.75 Å². The van der Waals surface area contributed by atoms with Gasteiger partial charge in [-0.25, -0.2) is 0 Å². The van der Waals surface area contributed by atoms with Gasteiger partial charge in [0, 0.05) is 5.56 Å². The molecule has 0 bridgehead atoms. The molecule has 0 fully saturated rings. The minimum absolute atomic E-state index is 0.0105. The van der Waals surface area contributed by atoms with Gasteiger partial charge in [0.25, 0.3) is 0 Å². The summed E-state index contributed by atoms with van der Waals surface area (Å²) in [5.74, 6) is 0.749. The average molecular weight is 282 g/mol. The second-order valence-corrected chi connectivity index (χ2v) is 5.67. The van der Waals surface area contributed by atoms with Gasteiger partial charge in [0.15, 0.2) is 6.10 Å². The third-order valence-corrected chi connectivity index (χ3v) is 3.95. The topological polar surface area (TPSA) is 26.3 Å². The lowest BCUT2D eigenvalue weighted by Crippen LogP contribution is -2.24. The highest BCUT2D eigenvalue weighted by atomic mass is 16.5. The fourth-order valence-electron chi connectivity index (χ4n) is 2.17. The van der Waals surface area contributed by atoms with Crippen molar-refractivity contribution in [3.05, 3.63) is 64.2 Å². The predicted molar refractivity (Wildman–Crippen MR) is 86.3 cm³/mol. The van der Waals surface area contributed by atoms with Crippen LogP contribution < -0.4 is 4.74 Å². The zero-order valence-electron chi connectivity index (χ0n) is 13.4. The van der Waals surface area contributed by atoms with Gasteiger partial charge in [-0.3, -0.25) is 4.79 Å². The number of hydrogen-bond donors (Lipinski definition) is 0. The van der Waals surface area contributed by atoms with Crippen molar-refractivity contribution < 1.29 is 9.53 Å². The third kappa shape index (κ3) is 3.52. The molecule has 2 aromatic carbocycles. The number of carbonyl (C=O) groups excluding carboxylic acids is 1. The molecule has 1 unspecified atom stereocenters. The Hall–Kier alpha value is -2.09. The Balaban J connectivity index is 2.15. The van der Waals surface area contributed by atoms with Gasteiger partial charge >= 0.3 is 0 Å². The van der Waals surface area contributed by atoms with Crippen LogP contribution >= 0.6 is 0 Å². The smallest absolute Gasteiger partial charge is 0.203 e. The molecule has 0 aliphatic rings. The van der Waals surface area contributed by atoms with Crippen LogP contribution in [0.15, 0.2) is 36.4 Å². The van der Waals surface area contributed by atoms with E-state index in [4.69, 9.17) is 4.74 Å². The van der Waals surface area contributed by atoms with Crippen LogP contribution in [0, 0.1) is 27.7 Å². The Morgan fingerprint density at radius 2 is 1.43 bits per heavy atom. The molecule has 0 aromatic heterocycles. The van der Waals surface area contributed by atoms with Gasteiger partial charge in [0.05, 0.1) is 0 Å². The normalized spacial score (nSPS) is 12.0. The van der Waals surface area contributed by atoms with E-state index in [-0.39, 0.29) is 5.78 Å². The van der Waals surface area contributed by atoms with Crippen LogP contribution in [-0.4, -0.2) is 11.9 Å². The lowest BCUT2D eigenvalue weighted by Gasteiger charge is -2.15. The molecule has 0 aliphatic carbocycles. The highest BCUT2D eigenvalue weighted by molar-refractivity contribution is 5.99. The molecule has 110 valence electrons. The van der Waals surface area contributed by atoms with Crippen LogP contribution in [0.3, 0.4) is 0 Å². The van der Waals surface area contributed by atoms with Gasteiger partial charge in [-0.05, 0) is 75.1 Å². The van der Waals surface area contributed by atoms with Crippen molar-refractivity contribution in [3.63, 3.8) is 0 Å². The monoisotopic (exact) mass is 282 g/mol. The zero-order valence-corrected chi connectivity index (χ0v) is 13.4. The van der Waals surface area contributed by atoms with Crippen molar-refractivity contribution >= 4 is 5.78 Å². The Kier molecular flexibility index (Phi) is 4.46. The summed E-state index contributed by atoms with van der Waals surface area (Å²) in [6.07, 6.45) is -0.491. The van der Waals surface area contributed by atoms with Crippen LogP contribution in [-0.2, 0) is 0 Å². The fourth-order valence-corrected chi connectivity index (χ4v) is 2.17. The first-order valence-corrected chi connectivity index (χ1v) is 7.24. The molecule has 0 aliphatic heterocycles. The van der Waals surface area contributed by atoms with E-state index in [1.54, 1.807) is 6.92 Å². The predicted octanol–water partition coefficient (Wildman–Crippen LogP) is 4.57. The summed E-state index contributed by atoms with van der Waals surface area (Å²) in [6.45, 7) is 9.95. The molecule has 0 heterocycles. The minimum atomic E-state index is -0.491. The molecule has 0 radical (unpaired) electrons. The van der Waals surface area contributed by atoms with E-state index in [0.29, 0.717) is 5.56 Å². The maximum Gasteiger partial charge on any atom is 0.203 e. The maximum absolute atomic E-state index is 12.4. The first-order valence-electron chi connectivity index (χ1n) is 7.24. The van der Waals surface area contributed by atoms with E-state index in [9.17, 15) is 4.79 Å². The Labute approximate surface area is 126 Å². The fraction of sp³-hybridized carbons (Fsp3) is 0.316. The van der Waals surface area contributed by atoms with E-state index >= 15 is 0 Å². The first kappa shape index (κ1) is 15.3. The zero-order chi connectivity index (χ0) is 15.6. The summed E-state index contributed by atoms with van der Waals surface area (Å²) >= 11 is 0. The summed E-state index contributed by atoms with van der Waals surface area (Å²) in [5, 5.41) is 0. The molecule has 1 atom stereocenters. The van der Waals surface area contributed by atoms with Gasteiger partial charge in [-0.15, -0.1) is 0 Å². The molecular formula is C19H22O2. The highest BCUT2D eigenvalue weighted by Gasteiger charge is 2.17. The van der Waals surface area contributed by atoms with E-state index in [1.807, 2.05) is 57.2 Å². The number of ketones is 1. The van der Waals surface area contributed by atoms with E-state index in [0.717, 1.165) is 11.3 Å². The molecule has 0 N–H and O–H groups in total. The molecule has 0 spiro atoms. The van der Waals surface area contributed by atoms with Crippen LogP contribution in [0.1, 0.15) is 39.5 Å². The molecule has 0 saturated heterocycles. The first-order chi connectivity index (χ1) is 9.88. The van der Waals surface area contributed by atoms with Gasteiger partial charge in [0.1, 0.15) is 5.75 Å². The maximum atomic E-state index is 12.4. The Morgan fingerprint density at radius 1 is 0.857 bits per heavy atom. The van der Waals surface area contributed by atoms with Crippen molar-refractivity contribution in [3.8, 4) is 5.75 Å². The molecule has 0 amide bonds. The quantitative estimate of drug-likeness (QED) is 0.768. The van der Waals surface area contributed by atoms with Crippen LogP contribution in [0.4, 0.5) is 0 Å². The lowest BCUT2D eigenvalue weighted by molar-refractivity contribution is 0.0818. The van der Waals surface area contributed by atoms with Gasteiger partial charge in [-0.1, -0.05) is 18.2 Å². The molecular weight excluding hydrogens is 260 g/mol. The van der Waals surface area contributed by atoms with Crippen molar-refractivity contribution in [2.24, 2.45) is 0 Å². The third-order valence-electron chi connectivity index (χ3n) is 3.95.